The average molecular weight is 563 g/mol. The standard InChI is InChI=1S/C33H34N6O3/c1-3-4-12-29-28(32(40)38(22(2)35-29)21-39-30-13-8-5-9-25(30)18-19-34-39)20-23-14-16-24(17-15-23)26-10-6-7-11-27(26)31-36-33(41)42-37-31/h5-11,13-17,19,33,41H,3-4,12,18,20-21H2,1-2H3,(H,36,37). The van der Waals surface area contributed by atoms with Gasteiger partial charge in [-0.15, -0.1) is 0 Å². The molecule has 6 rings (SSSR count). The quantitative estimate of drug-likeness (QED) is 0.306. The number of aliphatic hydroxyl groups excluding tert-OH is 1. The van der Waals surface area contributed by atoms with Gasteiger partial charge in [-0.05, 0) is 48.1 Å². The van der Waals surface area contributed by atoms with E-state index in [2.05, 4.69) is 40.7 Å². The number of aliphatic hydroxyl groups is 1. The largest absolute Gasteiger partial charge is 0.348 e. The molecule has 42 heavy (non-hydrogen) atoms. The van der Waals surface area contributed by atoms with Crippen molar-refractivity contribution in [2.45, 2.75) is 59.0 Å². The summed E-state index contributed by atoms with van der Waals surface area (Å²) < 4.78 is 1.74. The Balaban J connectivity index is 1.31. The van der Waals surface area contributed by atoms with Crippen LogP contribution in [0.2, 0.25) is 0 Å². The minimum Gasteiger partial charge on any atom is -0.348 e. The molecule has 214 valence electrons. The van der Waals surface area contributed by atoms with Gasteiger partial charge in [0.05, 0.1) is 11.4 Å². The summed E-state index contributed by atoms with van der Waals surface area (Å²) in [6.45, 7) is 4.36. The molecule has 3 aromatic carbocycles. The fourth-order valence-corrected chi connectivity index (χ4v) is 5.48. The Bertz CT molecular complexity index is 1710. The van der Waals surface area contributed by atoms with Gasteiger partial charge in [-0.25, -0.2) is 25.3 Å². The normalized spacial score (nSPS) is 15.8. The van der Waals surface area contributed by atoms with E-state index in [0.29, 0.717) is 24.7 Å². The number of aryl methyl sites for hydroxylation is 2. The zero-order valence-corrected chi connectivity index (χ0v) is 23.8. The molecule has 0 fully saturated rings. The maximum absolute atomic E-state index is 14.1. The minimum absolute atomic E-state index is 0.0230. The smallest absolute Gasteiger partial charge is 0.280 e. The van der Waals surface area contributed by atoms with E-state index in [1.165, 1.54) is 5.56 Å². The summed E-state index contributed by atoms with van der Waals surface area (Å²) >= 11 is 0. The fourth-order valence-electron chi connectivity index (χ4n) is 5.48. The summed E-state index contributed by atoms with van der Waals surface area (Å²) in [7, 11) is 0. The van der Waals surface area contributed by atoms with Gasteiger partial charge in [0.15, 0.2) is 5.84 Å². The van der Waals surface area contributed by atoms with Crippen LogP contribution in [0, 0.1) is 6.92 Å². The third-order valence-electron chi connectivity index (χ3n) is 7.71. The van der Waals surface area contributed by atoms with Crippen LogP contribution in [0.15, 0.2) is 87.7 Å². The summed E-state index contributed by atoms with van der Waals surface area (Å²) in [6.07, 6.45) is 4.69. The predicted octanol–water partition coefficient (Wildman–Crippen LogP) is 4.72. The van der Waals surface area contributed by atoms with Crippen LogP contribution < -0.4 is 16.0 Å². The van der Waals surface area contributed by atoms with E-state index in [9.17, 15) is 9.90 Å². The van der Waals surface area contributed by atoms with Gasteiger partial charge in [-0.2, -0.15) is 5.10 Å². The van der Waals surface area contributed by atoms with Crippen molar-refractivity contribution in [3.8, 4) is 11.1 Å². The number of aromatic nitrogens is 2. The van der Waals surface area contributed by atoms with Crippen molar-refractivity contribution in [1.82, 2.24) is 15.0 Å². The van der Waals surface area contributed by atoms with E-state index in [4.69, 9.17) is 9.82 Å². The number of benzene rings is 3. The van der Waals surface area contributed by atoms with Gasteiger partial charge in [0.1, 0.15) is 12.5 Å². The number of unbranched alkanes of at least 4 members (excludes halogenated alkanes) is 1. The van der Waals surface area contributed by atoms with E-state index in [-0.39, 0.29) is 5.56 Å². The highest BCUT2D eigenvalue weighted by atomic mass is 16.7. The molecule has 2 N–H and O–H groups in total. The Hall–Kier alpha value is -4.60. The summed E-state index contributed by atoms with van der Waals surface area (Å²) in [4.78, 5) is 28.1. The maximum atomic E-state index is 14.1. The zero-order chi connectivity index (χ0) is 29.1. The number of hydroxylamine groups is 1. The van der Waals surface area contributed by atoms with Crippen LogP contribution in [0.3, 0.4) is 0 Å². The van der Waals surface area contributed by atoms with Crippen LogP contribution in [0.25, 0.3) is 11.1 Å². The predicted molar refractivity (Wildman–Crippen MR) is 164 cm³/mol. The summed E-state index contributed by atoms with van der Waals surface area (Å²) in [5, 5.41) is 16.1. The molecule has 0 spiro atoms. The lowest BCUT2D eigenvalue weighted by atomic mass is 9.96. The third-order valence-corrected chi connectivity index (χ3v) is 7.71. The Morgan fingerprint density at radius 3 is 2.55 bits per heavy atom. The number of anilines is 1. The molecular weight excluding hydrogens is 528 g/mol. The Labute approximate surface area is 244 Å². The van der Waals surface area contributed by atoms with E-state index >= 15 is 0 Å². The Morgan fingerprint density at radius 2 is 1.79 bits per heavy atom. The average Bonchev–Trinajstić information content (AvgIpc) is 3.46. The molecule has 1 atom stereocenters. The molecule has 1 unspecified atom stereocenters. The second kappa shape index (κ2) is 12.1. The van der Waals surface area contributed by atoms with Crippen LogP contribution in [0.1, 0.15) is 53.5 Å². The Morgan fingerprint density at radius 1 is 1.02 bits per heavy atom. The number of amidine groups is 1. The molecular formula is C33H34N6O3. The lowest BCUT2D eigenvalue weighted by molar-refractivity contribution is -0.102. The molecule has 0 saturated heterocycles. The topological polar surface area (TPSA) is 104 Å². The summed E-state index contributed by atoms with van der Waals surface area (Å²) in [5.41, 5.74) is 10.3. The highest BCUT2D eigenvalue weighted by Crippen LogP contribution is 2.27. The van der Waals surface area contributed by atoms with Crippen molar-refractivity contribution in [2.75, 3.05) is 5.01 Å². The molecule has 1 aromatic heterocycles. The first kappa shape index (κ1) is 27.6. The van der Waals surface area contributed by atoms with E-state index < -0.39 is 6.41 Å². The number of aliphatic imine (C=N–C) groups is 1. The molecule has 0 radical (unpaired) electrons. The van der Waals surface area contributed by atoms with Crippen molar-refractivity contribution in [3.63, 3.8) is 0 Å². The number of para-hydroxylation sites is 1. The number of fused-ring (bicyclic) bond motifs is 1. The molecule has 0 amide bonds. The van der Waals surface area contributed by atoms with Gasteiger partial charge in [-0.3, -0.25) is 9.36 Å². The van der Waals surface area contributed by atoms with E-state index in [1.807, 2.05) is 72.7 Å². The first-order valence-corrected chi connectivity index (χ1v) is 14.3. The van der Waals surface area contributed by atoms with Gasteiger partial charge < -0.3 is 5.11 Å². The van der Waals surface area contributed by atoms with Crippen molar-refractivity contribution in [3.05, 3.63) is 117 Å². The van der Waals surface area contributed by atoms with Crippen molar-refractivity contribution < 1.29 is 9.94 Å². The summed E-state index contributed by atoms with van der Waals surface area (Å²) in [5.74, 6) is 1.17. The number of hydrogen-bond donors (Lipinski definition) is 2. The van der Waals surface area contributed by atoms with Gasteiger partial charge in [0.25, 0.3) is 12.0 Å². The van der Waals surface area contributed by atoms with Crippen LogP contribution in [-0.4, -0.2) is 33.1 Å². The highest BCUT2D eigenvalue weighted by molar-refractivity contribution is 6.04. The lowest BCUT2D eigenvalue weighted by Crippen LogP contribution is -2.35. The zero-order valence-electron chi connectivity index (χ0n) is 23.8. The van der Waals surface area contributed by atoms with E-state index in [0.717, 1.165) is 64.9 Å². The molecule has 0 bridgehead atoms. The van der Waals surface area contributed by atoms with Crippen LogP contribution in [0.5, 0.6) is 0 Å². The van der Waals surface area contributed by atoms with Crippen molar-refractivity contribution in [1.29, 1.82) is 0 Å². The molecule has 0 aliphatic carbocycles. The monoisotopic (exact) mass is 562 g/mol. The summed E-state index contributed by atoms with van der Waals surface area (Å²) in [6, 6.07) is 24.2. The molecule has 0 saturated carbocycles. The van der Waals surface area contributed by atoms with Crippen LogP contribution >= 0.6 is 0 Å². The number of hydrogen-bond acceptors (Lipinski definition) is 8. The number of hydrazone groups is 1. The second-order valence-corrected chi connectivity index (χ2v) is 10.5. The minimum atomic E-state index is -1.22. The van der Waals surface area contributed by atoms with Crippen molar-refractivity contribution in [2.24, 2.45) is 10.1 Å². The van der Waals surface area contributed by atoms with Crippen LogP contribution in [-0.2, 0) is 30.8 Å². The van der Waals surface area contributed by atoms with Gasteiger partial charge in [0.2, 0.25) is 0 Å². The first-order valence-electron chi connectivity index (χ1n) is 14.3. The number of nitrogens with one attached hydrogen (secondary N) is 1. The SMILES string of the molecule is CCCCc1nc(C)n(CN2N=CCc3ccccc32)c(=O)c1Cc1ccc(-c2ccccc2C2=NC(O)ON2)cc1. The first-order chi connectivity index (χ1) is 20.5. The van der Waals surface area contributed by atoms with E-state index in [1.54, 1.807) is 4.57 Å². The van der Waals surface area contributed by atoms with Crippen LogP contribution in [0.4, 0.5) is 5.69 Å². The highest BCUT2D eigenvalue weighted by Gasteiger charge is 2.21. The fraction of sp³-hybridized carbons (Fsp3) is 0.273. The van der Waals surface area contributed by atoms with Gasteiger partial charge >= 0.3 is 0 Å². The molecule has 4 aromatic rings. The number of rotatable bonds is 9. The molecule has 9 heteroatoms. The van der Waals surface area contributed by atoms with Gasteiger partial charge in [0, 0.05) is 30.2 Å². The second-order valence-electron chi connectivity index (χ2n) is 10.5. The maximum Gasteiger partial charge on any atom is 0.280 e. The number of nitrogens with zero attached hydrogens (tertiary/aromatic N) is 5. The van der Waals surface area contributed by atoms with Crippen molar-refractivity contribution >= 4 is 17.7 Å². The molecule has 3 heterocycles. The molecule has 2 aliphatic rings. The Kier molecular flexibility index (Phi) is 7.94. The molecule has 9 nitrogen and oxygen atoms in total. The van der Waals surface area contributed by atoms with Gasteiger partial charge in [-0.1, -0.05) is 80.1 Å². The molecule has 2 aliphatic heterocycles. The lowest BCUT2D eigenvalue weighted by Gasteiger charge is -2.26. The third kappa shape index (κ3) is 5.61.